The smallest absolute Gasteiger partial charge is 0.244 e. The van der Waals surface area contributed by atoms with Crippen molar-refractivity contribution in [3.63, 3.8) is 0 Å². The lowest BCUT2D eigenvalue weighted by atomic mass is 9.94. The summed E-state index contributed by atoms with van der Waals surface area (Å²) in [6, 6.07) is 20.0. The van der Waals surface area contributed by atoms with Crippen molar-refractivity contribution in [3.05, 3.63) is 95.3 Å². The maximum atomic E-state index is 13.1. The molecular weight excluding hydrogens is 446 g/mol. The lowest BCUT2D eigenvalue weighted by Gasteiger charge is -2.31. The minimum atomic E-state index is -3.60. The number of nitrogens with one attached hydrogen (secondary N) is 1. The van der Waals surface area contributed by atoms with Crippen LogP contribution in [0.1, 0.15) is 30.0 Å². The molecule has 0 spiro atoms. The van der Waals surface area contributed by atoms with Gasteiger partial charge in [-0.25, -0.2) is 8.42 Å². The normalized spacial score (nSPS) is 16.4. The molecule has 1 atom stereocenters. The maximum Gasteiger partial charge on any atom is 0.244 e. The summed E-state index contributed by atoms with van der Waals surface area (Å²) in [5, 5.41) is 3.76. The van der Waals surface area contributed by atoms with Crippen LogP contribution < -0.4 is 5.32 Å². The first-order chi connectivity index (χ1) is 15.4. The maximum absolute atomic E-state index is 13.1. The second kappa shape index (κ2) is 9.81. The van der Waals surface area contributed by atoms with E-state index in [9.17, 15) is 13.2 Å². The van der Waals surface area contributed by atoms with Crippen molar-refractivity contribution in [1.29, 1.82) is 0 Å². The number of benzene rings is 2. The molecule has 1 saturated heterocycles. The Kier molecular flexibility index (Phi) is 6.89. The first-order valence-corrected chi connectivity index (χ1v) is 12.3. The van der Waals surface area contributed by atoms with Gasteiger partial charge in [0.25, 0.3) is 0 Å². The van der Waals surface area contributed by atoms with Gasteiger partial charge in [-0.2, -0.15) is 4.31 Å². The number of hydrogen-bond donors (Lipinski definition) is 1. The lowest BCUT2D eigenvalue weighted by Crippen LogP contribution is -2.43. The van der Waals surface area contributed by atoms with Crippen LogP contribution in [-0.4, -0.2) is 36.7 Å². The topological polar surface area (TPSA) is 79.4 Å². The summed E-state index contributed by atoms with van der Waals surface area (Å²) in [5.41, 5.74) is 1.85. The largest absolute Gasteiger partial charge is 0.345 e. The number of halogens is 1. The molecule has 8 heteroatoms. The number of carbonyl (C=O) groups is 1. The van der Waals surface area contributed by atoms with Gasteiger partial charge in [0.15, 0.2) is 0 Å². The van der Waals surface area contributed by atoms with E-state index in [0.29, 0.717) is 31.0 Å². The van der Waals surface area contributed by atoms with Crippen molar-refractivity contribution >= 4 is 27.5 Å². The van der Waals surface area contributed by atoms with Crippen LogP contribution in [0.5, 0.6) is 0 Å². The van der Waals surface area contributed by atoms with Gasteiger partial charge in [-0.3, -0.25) is 9.78 Å². The van der Waals surface area contributed by atoms with Crippen LogP contribution in [0, 0.1) is 5.92 Å². The first kappa shape index (κ1) is 22.5. The van der Waals surface area contributed by atoms with E-state index in [1.165, 1.54) is 16.6 Å². The number of aromatic nitrogens is 1. The predicted molar refractivity (Wildman–Crippen MR) is 124 cm³/mol. The molecule has 1 N–H and O–H groups in total. The molecule has 0 saturated carbocycles. The van der Waals surface area contributed by atoms with E-state index in [-0.39, 0.29) is 22.8 Å². The molecule has 0 radical (unpaired) electrons. The fourth-order valence-corrected chi connectivity index (χ4v) is 5.59. The summed E-state index contributed by atoms with van der Waals surface area (Å²) >= 11 is 6.19. The van der Waals surface area contributed by atoms with Gasteiger partial charge in [0, 0.05) is 36.4 Å². The Hall–Kier alpha value is -2.74. The quantitative estimate of drug-likeness (QED) is 0.590. The van der Waals surface area contributed by atoms with Crippen molar-refractivity contribution < 1.29 is 13.2 Å². The first-order valence-electron chi connectivity index (χ1n) is 10.5. The number of carbonyl (C=O) groups excluding carboxylic acids is 1. The zero-order valence-corrected chi connectivity index (χ0v) is 19.0. The molecular formula is C24H24ClN3O3S. The van der Waals surface area contributed by atoms with E-state index in [2.05, 4.69) is 10.3 Å². The summed E-state index contributed by atoms with van der Waals surface area (Å²) in [6.45, 7) is 0.588. The summed E-state index contributed by atoms with van der Waals surface area (Å²) in [6.07, 6.45) is 3.81. The summed E-state index contributed by atoms with van der Waals surface area (Å²) in [4.78, 5) is 17.2. The molecule has 1 aliphatic heterocycles. The average molecular weight is 470 g/mol. The SMILES string of the molecule is O=C(NC(c1ccccc1)c1cccc(Cl)c1)C1CCN(S(=O)(=O)c2cccnc2)CC1. The van der Waals surface area contributed by atoms with E-state index in [1.54, 1.807) is 18.3 Å². The van der Waals surface area contributed by atoms with Crippen molar-refractivity contribution in [1.82, 2.24) is 14.6 Å². The molecule has 1 amide bonds. The molecule has 1 fully saturated rings. The van der Waals surface area contributed by atoms with Gasteiger partial charge in [-0.15, -0.1) is 0 Å². The highest BCUT2D eigenvalue weighted by molar-refractivity contribution is 7.89. The molecule has 4 rings (SSSR count). The summed E-state index contributed by atoms with van der Waals surface area (Å²) < 4.78 is 27.1. The van der Waals surface area contributed by atoms with Gasteiger partial charge >= 0.3 is 0 Å². The molecule has 1 unspecified atom stereocenters. The Morgan fingerprint density at radius 3 is 2.38 bits per heavy atom. The van der Waals surface area contributed by atoms with Gasteiger partial charge in [0.05, 0.1) is 6.04 Å². The van der Waals surface area contributed by atoms with Crippen molar-refractivity contribution in [2.24, 2.45) is 5.92 Å². The molecule has 2 heterocycles. The van der Waals surface area contributed by atoms with Gasteiger partial charge in [-0.05, 0) is 48.2 Å². The van der Waals surface area contributed by atoms with Crippen LogP contribution in [0.15, 0.2) is 84.0 Å². The van der Waals surface area contributed by atoms with E-state index >= 15 is 0 Å². The summed E-state index contributed by atoms with van der Waals surface area (Å²) in [7, 11) is -3.60. The van der Waals surface area contributed by atoms with Crippen molar-refractivity contribution in [2.75, 3.05) is 13.1 Å². The minimum Gasteiger partial charge on any atom is -0.345 e. The number of nitrogens with zero attached hydrogens (tertiary/aromatic N) is 2. The van der Waals surface area contributed by atoms with Crippen molar-refractivity contribution in [3.8, 4) is 0 Å². The standard InChI is InChI=1S/C24H24ClN3O3S/c25-21-9-4-8-20(16-21)23(18-6-2-1-3-7-18)27-24(29)19-11-14-28(15-12-19)32(30,31)22-10-5-13-26-17-22/h1-10,13,16-17,19,23H,11-12,14-15H2,(H,27,29). The number of sulfonamides is 1. The number of hydrogen-bond acceptors (Lipinski definition) is 4. The minimum absolute atomic E-state index is 0.0859. The lowest BCUT2D eigenvalue weighted by molar-refractivity contribution is -0.126. The Balaban J connectivity index is 1.46. The van der Waals surface area contributed by atoms with E-state index < -0.39 is 10.0 Å². The Morgan fingerprint density at radius 1 is 1.00 bits per heavy atom. The zero-order valence-electron chi connectivity index (χ0n) is 17.4. The second-order valence-corrected chi connectivity index (χ2v) is 10.1. The predicted octanol–water partition coefficient (Wildman–Crippen LogP) is 4.04. The molecule has 6 nitrogen and oxygen atoms in total. The zero-order chi connectivity index (χ0) is 22.6. The Labute approximate surface area is 193 Å². The molecule has 32 heavy (non-hydrogen) atoms. The number of piperidine rings is 1. The van der Waals surface area contributed by atoms with Crippen LogP contribution in [0.4, 0.5) is 0 Å². The van der Waals surface area contributed by atoms with E-state index in [4.69, 9.17) is 11.6 Å². The van der Waals surface area contributed by atoms with E-state index in [0.717, 1.165) is 11.1 Å². The highest BCUT2D eigenvalue weighted by atomic mass is 35.5. The monoisotopic (exact) mass is 469 g/mol. The third kappa shape index (κ3) is 5.01. The van der Waals surface area contributed by atoms with Crippen molar-refractivity contribution in [2.45, 2.75) is 23.8 Å². The van der Waals surface area contributed by atoms with E-state index in [1.807, 2.05) is 48.5 Å². The van der Waals surface area contributed by atoms with Gasteiger partial charge in [-0.1, -0.05) is 54.1 Å². The van der Waals surface area contributed by atoms with Crippen LogP contribution in [0.25, 0.3) is 0 Å². The van der Waals surface area contributed by atoms with Crippen LogP contribution in [-0.2, 0) is 14.8 Å². The van der Waals surface area contributed by atoms with Crippen LogP contribution >= 0.6 is 11.6 Å². The van der Waals surface area contributed by atoms with Crippen LogP contribution in [0.2, 0.25) is 5.02 Å². The fraction of sp³-hybridized carbons (Fsp3) is 0.250. The Morgan fingerprint density at radius 2 is 1.72 bits per heavy atom. The second-order valence-electron chi connectivity index (χ2n) is 7.77. The van der Waals surface area contributed by atoms with Gasteiger partial charge < -0.3 is 5.32 Å². The molecule has 1 aliphatic rings. The third-order valence-electron chi connectivity index (χ3n) is 5.70. The number of amides is 1. The third-order valence-corrected chi connectivity index (χ3v) is 7.82. The molecule has 166 valence electrons. The highest BCUT2D eigenvalue weighted by Crippen LogP contribution is 2.27. The fourth-order valence-electron chi connectivity index (χ4n) is 3.96. The van der Waals surface area contributed by atoms with Gasteiger partial charge in [0.2, 0.25) is 15.9 Å². The molecule has 0 bridgehead atoms. The molecule has 2 aromatic carbocycles. The highest BCUT2D eigenvalue weighted by Gasteiger charge is 2.33. The number of rotatable bonds is 6. The molecule has 3 aromatic rings. The summed E-state index contributed by atoms with van der Waals surface area (Å²) in [5.74, 6) is -0.349. The van der Waals surface area contributed by atoms with Crippen LogP contribution in [0.3, 0.4) is 0 Å². The molecule has 1 aromatic heterocycles. The average Bonchev–Trinajstić information content (AvgIpc) is 2.83. The van der Waals surface area contributed by atoms with Gasteiger partial charge in [0.1, 0.15) is 4.90 Å². The Bertz CT molecular complexity index is 1170. The molecule has 0 aliphatic carbocycles. The number of pyridine rings is 1.